The van der Waals surface area contributed by atoms with Crippen molar-refractivity contribution in [3.05, 3.63) is 83.9 Å². The Labute approximate surface area is 224 Å². The van der Waals surface area contributed by atoms with Gasteiger partial charge < -0.3 is 15.4 Å². The molecule has 0 aromatic heterocycles. The average Bonchev–Trinajstić information content (AvgIpc) is 2.85. The highest BCUT2D eigenvalue weighted by molar-refractivity contribution is 7.92. The molecule has 0 aliphatic carbocycles. The number of ether oxygens (including phenoxy) is 1. The van der Waals surface area contributed by atoms with E-state index in [-0.39, 0.29) is 21.8 Å². The van der Waals surface area contributed by atoms with Crippen LogP contribution in [0.25, 0.3) is 0 Å². The van der Waals surface area contributed by atoms with Gasteiger partial charge >= 0.3 is 0 Å². The molecule has 0 spiro atoms. The van der Waals surface area contributed by atoms with E-state index in [1.807, 2.05) is 26.0 Å². The van der Waals surface area contributed by atoms with Crippen molar-refractivity contribution in [1.29, 1.82) is 0 Å². The lowest BCUT2D eigenvalue weighted by Gasteiger charge is -2.15. The van der Waals surface area contributed by atoms with Crippen LogP contribution in [0.3, 0.4) is 0 Å². The number of nitrogens with one attached hydrogen (secondary N) is 3. The van der Waals surface area contributed by atoms with Crippen LogP contribution in [0.1, 0.15) is 44.7 Å². The second-order valence-electron chi connectivity index (χ2n) is 9.09. The minimum absolute atomic E-state index is 0.0939. The van der Waals surface area contributed by atoms with Crippen molar-refractivity contribution in [2.24, 2.45) is 5.92 Å². The van der Waals surface area contributed by atoms with Crippen molar-refractivity contribution in [2.45, 2.75) is 44.9 Å². The number of rotatable bonds is 10. The summed E-state index contributed by atoms with van der Waals surface area (Å²) in [7, 11) is -3.78. The van der Waals surface area contributed by atoms with Gasteiger partial charge in [-0.2, -0.15) is 0 Å². The standard InChI is InChI=1S/C28H33N3O4S2/c1-5-35-25-14-10-24(11-15-25)31-37(33,34)26-16-12-23(13-17-26)29-28(36)30-27(32)20(4)22-8-6-21(7-9-22)18-19(2)3/h6-17,19-20,31H,5,18H2,1-4H3,(H2,29,30,32,36). The first kappa shape index (κ1) is 28.1. The highest BCUT2D eigenvalue weighted by Gasteiger charge is 2.17. The molecule has 1 atom stereocenters. The van der Waals surface area contributed by atoms with E-state index in [0.717, 1.165) is 12.0 Å². The van der Waals surface area contributed by atoms with Crippen LogP contribution in [0, 0.1) is 5.92 Å². The summed E-state index contributed by atoms with van der Waals surface area (Å²) >= 11 is 5.29. The molecule has 1 unspecified atom stereocenters. The van der Waals surface area contributed by atoms with Gasteiger partial charge in [-0.05, 0) is 98.1 Å². The SMILES string of the molecule is CCOc1ccc(NS(=O)(=O)c2ccc(NC(=S)NC(=O)C(C)c3ccc(CC(C)C)cc3)cc2)cc1. The van der Waals surface area contributed by atoms with Crippen LogP contribution < -0.4 is 20.1 Å². The highest BCUT2D eigenvalue weighted by atomic mass is 32.2. The molecule has 0 bridgehead atoms. The van der Waals surface area contributed by atoms with E-state index in [1.54, 1.807) is 36.4 Å². The Morgan fingerprint density at radius 1 is 0.892 bits per heavy atom. The fourth-order valence-electron chi connectivity index (χ4n) is 3.67. The lowest BCUT2D eigenvalue weighted by Crippen LogP contribution is -2.36. The Balaban J connectivity index is 1.55. The fourth-order valence-corrected chi connectivity index (χ4v) is 4.94. The van der Waals surface area contributed by atoms with Crippen LogP contribution in [-0.2, 0) is 21.2 Å². The van der Waals surface area contributed by atoms with Crippen LogP contribution in [0.4, 0.5) is 11.4 Å². The summed E-state index contributed by atoms with van der Waals surface area (Å²) in [5.74, 6) is 0.624. The molecule has 9 heteroatoms. The third kappa shape index (κ3) is 8.30. The van der Waals surface area contributed by atoms with Crippen molar-refractivity contribution in [3.63, 3.8) is 0 Å². The zero-order chi connectivity index (χ0) is 27.0. The maximum Gasteiger partial charge on any atom is 0.261 e. The summed E-state index contributed by atoms with van der Waals surface area (Å²) in [4.78, 5) is 12.8. The molecule has 0 fully saturated rings. The molecule has 1 amide bonds. The molecule has 3 N–H and O–H groups in total. The molecule has 0 saturated heterocycles. The molecule has 37 heavy (non-hydrogen) atoms. The number of benzene rings is 3. The molecule has 0 aliphatic rings. The van der Waals surface area contributed by atoms with Crippen molar-refractivity contribution >= 4 is 44.6 Å². The summed E-state index contributed by atoms with van der Waals surface area (Å²) in [6.07, 6.45) is 0.993. The summed E-state index contributed by atoms with van der Waals surface area (Å²) in [6.45, 7) is 8.58. The van der Waals surface area contributed by atoms with Crippen molar-refractivity contribution in [1.82, 2.24) is 5.32 Å². The third-order valence-electron chi connectivity index (χ3n) is 5.59. The van der Waals surface area contributed by atoms with Crippen LogP contribution >= 0.6 is 12.2 Å². The summed E-state index contributed by atoms with van der Waals surface area (Å²) in [5.41, 5.74) is 3.13. The van der Waals surface area contributed by atoms with E-state index in [2.05, 4.69) is 41.3 Å². The second-order valence-corrected chi connectivity index (χ2v) is 11.2. The Bertz CT molecular complexity index is 1310. The number of anilines is 2. The van der Waals surface area contributed by atoms with Gasteiger partial charge in [-0.15, -0.1) is 0 Å². The van der Waals surface area contributed by atoms with Gasteiger partial charge in [0.2, 0.25) is 5.91 Å². The largest absolute Gasteiger partial charge is 0.494 e. The number of hydrogen-bond donors (Lipinski definition) is 3. The van der Waals surface area contributed by atoms with Gasteiger partial charge in [0.05, 0.1) is 17.4 Å². The van der Waals surface area contributed by atoms with Gasteiger partial charge in [0, 0.05) is 11.4 Å². The summed E-state index contributed by atoms with van der Waals surface area (Å²) in [6, 6.07) is 20.8. The van der Waals surface area contributed by atoms with Gasteiger partial charge in [0.25, 0.3) is 10.0 Å². The van der Waals surface area contributed by atoms with Gasteiger partial charge in [0.1, 0.15) is 5.75 Å². The van der Waals surface area contributed by atoms with Crippen molar-refractivity contribution in [2.75, 3.05) is 16.6 Å². The smallest absolute Gasteiger partial charge is 0.261 e. The third-order valence-corrected chi connectivity index (χ3v) is 7.20. The highest BCUT2D eigenvalue weighted by Crippen LogP contribution is 2.21. The predicted octanol–water partition coefficient (Wildman–Crippen LogP) is 5.70. The average molecular weight is 540 g/mol. The van der Waals surface area contributed by atoms with Crippen LogP contribution in [0.2, 0.25) is 0 Å². The van der Waals surface area contributed by atoms with Gasteiger partial charge in [0.15, 0.2) is 5.11 Å². The first-order valence-corrected chi connectivity index (χ1v) is 14.0. The molecular weight excluding hydrogens is 506 g/mol. The number of hydrogen-bond acceptors (Lipinski definition) is 5. The molecule has 0 radical (unpaired) electrons. The lowest BCUT2D eigenvalue weighted by molar-refractivity contribution is -0.120. The summed E-state index contributed by atoms with van der Waals surface area (Å²) < 4.78 is 33.4. The maximum atomic E-state index is 12.7. The van der Waals surface area contributed by atoms with Crippen molar-refractivity contribution < 1.29 is 17.9 Å². The second kappa shape index (κ2) is 12.7. The monoisotopic (exact) mass is 539 g/mol. The minimum Gasteiger partial charge on any atom is -0.494 e. The molecule has 3 aromatic rings. The zero-order valence-corrected chi connectivity index (χ0v) is 23.1. The van der Waals surface area contributed by atoms with Crippen LogP contribution in [-0.4, -0.2) is 26.0 Å². The first-order chi connectivity index (χ1) is 17.6. The van der Waals surface area contributed by atoms with Crippen molar-refractivity contribution in [3.8, 4) is 5.75 Å². The minimum atomic E-state index is -3.78. The van der Waals surface area contributed by atoms with E-state index in [0.29, 0.717) is 29.6 Å². The van der Waals surface area contributed by atoms with E-state index in [4.69, 9.17) is 17.0 Å². The number of carbonyl (C=O) groups excluding carboxylic acids is 1. The van der Waals surface area contributed by atoms with Gasteiger partial charge in [-0.25, -0.2) is 8.42 Å². The number of sulfonamides is 1. The van der Waals surface area contributed by atoms with Gasteiger partial charge in [-0.1, -0.05) is 38.1 Å². The Kier molecular flexibility index (Phi) is 9.66. The van der Waals surface area contributed by atoms with E-state index >= 15 is 0 Å². The summed E-state index contributed by atoms with van der Waals surface area (Å²) in [5, 5.41) is 5.77. The van der Waals surface area contributed by atoms with E-state index in [1.165, 1.54) is 17.7 Å². The zero-order valence-electron chi connectivity index (χ0n) is 21.4. The molecule has 0 aliphatic heterocycles. The molecule has 196 valence electrons. The van der Waals surface area contributed by atoms with E-state index < -0.39 is 10.0 Å². The Morgan fingerprint density at radius 3 is 2.05 bits per heavy atom. The van der Waals surface area contributed by atoms with Crippen LogP contribution in [0.15, 0.2) is 77.7 Å². The number of amides is 1. The molecule has 7 nitrogen and oxygen atoms in total. The molecule has 3 rings (SSSR count). The molecule has 0 heterocycles. The van der Waals surface area contributed by atoms with Crippen LogP contribution in [0.5, 0.6) is 5.75 Å². The fraction of sp³-hybridized carbons (Fsp3) is 0.286. The van der Waals surface area contributed by atoms with E-state index in [9.17, 15) is 13.2 Å². The molecule has 3 aromatic carbocycles. The predicted molar refractivity (Wildman–Crippen MR) is 153 cm³/mol. The lowest BCUT2D eigenvalue weighted by atomic mass is 9.96. The molecule has 0 saturated carbocycles. The Hall–Kier alpha value is -3.43. The van der Waals surface area contributed by atoms with Gasteiger partial charge in [-0.3, -0.25) is 9.52 Å². The quantitative estimate of drug-likeness (QED) is 0.286. The normalized spacial score (nSPS) is 12.0. The maximum absolute atomic E-state index is 12.7. The Morgan fingerprint density at radius 2 is 1.49 bits per heavy atom. The number of carbonyl (C=O) groups is 1. The first-order valence-electron chi connectivity index (χ1n) is 12.1. The topological polar surface area (TPSA) is 96.5 Å². The molecular formula is C28H33N3O4S2. The number of thiocarbonyl (C=S) groups is 1.